The van der Waals surface area contributed by atoms with Crippen molar-refractivity contribution in [3.63, 3.8) is 0 Å². The van der Waals surface area contributed by atoms with Crippen molar-refractivity contribution in [2.45, 2.75) is 62.1 Å². The number of ether oxygens (including phenoxy) is 2. The van der Waals surface area contributed by atoms with E-state index in [9.17, 15) is 27.2 Å². The molecule has 4 aromatic rings. The van der Waals surface area contributed by atoms with Crippen LogP contribution in [0.15, 0.2) is 18.2 Å². The van der Waals surface area contributed by atoms with Crippen LogP contribution in [0.1, 0.15) is 43.2 Å². The van der Waals surface area contributed by atoms with Crippen molar-refractivity contribution in [1.29, 1.82) is 5.26 Å². The summed E-state index contributed by atoms with van der Waals surface area (Å²) in [4.78, 5) is 12.9. The van der Waals surface area contributed by atoms with E-state index >= 15 is 4.39 Å². The molecule has 2 aromatic carbocycles. The Morgan fingerprint density at radius 2 is 2.00 bits per heavy atom. The molecule has 1 saturated carbocycles. The van der Waals surface area contributed by atoms with Gasteiger partial charge in [-0.1, -0.05) is 6.07 Å². The first-order valence-corrected chi connectivity index (χ1v) is 16.6. The SMILES string of the molecule is N#Cc1c(N)sc2c(F)ccc(-c3c(C(F)(F)F)cc4c(N5C[C@H]6C[C@@H]5CO6)nc(OC[C@]56C[C@@H](F)CN5CC5(CC5)C6)nc4c3F)c12. The number of rotatable bonds is 5. The van der Waals surface area contributed by atoms with Gasteiger partial charge in [0.2, 0.25) is 0 Å². The van der Waals surface area contributed by atoms with Gasteiger partial charge in [-0.25, -0.2) is 13.2 Å². The van der Waals surface area contributed by atoms with Crippen molar-refractivity contribution in [2.75, 3.05) is 43.5 Å². The maximum atomic E-state index is 17.0. The number of fused-ring (bicyclic) bond motifs is 5. The zero-order chi connectivity index (χ0) is 33.3. The molecule has 0 unspecified atom stereocenters. The predicted molar refractivity (Wildman–Crippen MR) is 165 cm³/mol. The summed E-state index contributed by atoms with van der Waals surface area (Å²) >= 11 is 0.702. The number of nitrogen functional groups attached to an aromatic ring is 1. The van der Waals surface area contributed by atoms with Gasteiger partial charge in [0.25, 0.3) is 0 Å². The zero-order valence-corrected chi connectivity index (χ0v) is 26.2. The molecule has 4 aliphatic heterocycles. The van der Waals surface area contributed by atoms with Crippen molar-refractivity contribution in [2.24, 2.45) is 5.41 Å². The Labute approximate surface area is 274 Å². The van der Waals surface area contributed by atoms with Crippen LogP contribution in [0.3, 0.4) is 0 Å². The topological polar surface area (TPSA) is 101 Å². The number of thiophene rings is 1. The van der Waals surface area contributed by atoms with Gasteiger partial charge >= 0.3 is 12.2 Å². The molecule has 4 saturated heterocycles. The molecule has 8 nitrogen and oxygen atoms in total. The zero-order valence-electron chi connectivity index (χ0n) is 25.3. The Bertz CT molecular complexity index is 2080. The van der Waals surface area contributed by atoms with Crippen LogP contribution in [0.4, 0.5) is 37.2 Å². The maximum absolute atomic E-state index is 17.0. The number of hydrogen-bond donors (Lipinski definition) is 1. The van der Waals surface area contributed by atoms with E-state index in [0.29, 0.717) is 37.5 Å². The van der Waals surface area contributed by atoms with Crippen molar-refractivity contribution in [1.82, 2.24) is 14.9 Å². The fraction of sp³-hybridized carbons (Fsp3) is 0.485. The summed E-state index contributed by atoms with van der Waals surface area (Å²) in [6.45, 7) is 1.79. The highest BCUT2D eigenvalue weighted by Crippen LogP contribution is 2.61. The molecule has 48 heavy (non-hydrogen) atoms. The number of alkyl halides is 4. The highest BCUT2D eigenvalue weighted by Gasteiger charge is 2.62. The summed E-state index contributed by atoms with van der Waals surface area (Å²) in [5.41, 5.74) is 2.31. The van der Waals surface area contributed by atoms with Crippen LogP contribution in [-0.4, -0.2) is 71.6 Å². The van der Waals surface area contributed by atoms with Crippen LogP contribution >= 0.6 is 11.3 Å². The van der Waals surface area contributed by atoms with Gasteiger partial charge in [0, 0.05) is 42.4 Å². The predicted octanol–water partition coefficient (Wildman–Crippen LogP) is 6.59. The van der Waals surface area contributed by atoms with Crippen LogP contribution < -0.4 is 15.4 Å². The molecule has 15 heteroatoms. The van der Waals surface area contributed by atoms with Gasteiger partial charge in [0.15, 0.2) is 5.82 Å². The van der Waals surface area contributed by atoms with Crippen LogP contribution in [0.25, 0.3) is 32.1 Å². The number of nitrogens with two attached hydrogens (primary N) is 1. The normalized spacial score (nSPS) is 27.4. The van der Waals surface area contributed by atoms with E-state index in [1.165, 1.54) is 0 Å². The first kappa shape index (κ1) is 30.2. The molecule has 9 rings (SSSR count). The van der Waals surface area contributed by atoms with Gasteiger partial charge in [0.05, 0.1) is 40.1 Å². The molecule has 2 bridgehead atoms. The molecule has 250 valence electrons. The molecule has 2 N–H and O–H groups in total. The lowest BCUT2D eigenvalue weighted by Crippen LogP contribution is -2.43. The first-order chi connectivity index (χ1) is 22.9. The fourth-order valence-corrected chi connectivity index (χ4v) is 9.60. The summed E-state index contributed by atoms with van der Waals surface area (Å²) in [5, 5.41) is 9.33. The van der Waals surface area contributed by atoms with Crippen molar-refractivity contribution in [3.05, 3.63) is 41.0 Å². The second kappa shape index (κ2) is 10.1. The van der Waals surface area contributed by atoms with E-state index < -0.39 is 46.2 Å². The lowest BCUT2D eigenvalue weighted by atomic mass is 9.89. The van der Waals surface area contributed by atoms with Crippen LogP contribution in [-0.2, 0) is 10.9 Å². The first-order valence-electron chi connectivity index (χ1n) is 15.8. The number of nitrogens with zero attached hydrogens (tertiary/aromatic N) is 5. The molecule has 0 amide bonds. The van der Waals surface area contributed by atoms with Crippen molar-refractivity contribution >= 4 is 43.1 Å². The minimum absolute atomic E-state index is 0.0443. The molecule has 0 radical (unpaired) electrons. The Morgan fingerprint density at radius 3 is 2.69 bits per heavy atom. The summed E-state index contributed by atoms with van der Waals surface area (Å²) < 4.78 is 103. The quantitative estimate of drug-likeness (QED) is 0.235. The number of nitriles is 1. The standard InChI is InChI=1S/C33H28F6N6O2S/c34-15-7-32(12-31(3-4-31)13-44(32)9-15)14-47-30-42-26-19(29(43-30)45-10-17-5-16(45)11-46-17)6-21(33(37,38)39)24(25(26)36)18-1-2-22(35)27-23(18)20(8-40)28(41)48-27/h1-2,6,15-17H,3-5,7,9-14,41H2/t15-,16-,17-,32-/m1/s1. The fourth-order valence-electron chi connectivity index (χ4n) is 8.65. The molecule has 5 aliphatic rings. The number of anilines is 2. The van der Waals surface area contributed by atoms with Gasteiger partial charge in [0.1, 0.15) is 41.0 Å². The molecule has 2 aromatic heterocycles. The molecule has 1 aliphatic carbocycles. The maximum Gasteiger partial charge on any atom is 0.417 e. The summed E-state index contributed by atoms with van der Waals surface area (Å²) in [5.74, 6) is -2.04. The van der Waals surface area contributed by atoms with Gasteiger partial charge in [-0.3, -0.25) is 4.90 Å². The summed E-state index contributed by atoms with van der Waals surface area (Å²) in [6.07, 6.45) is -2.44. The number of morpholine rings is 1. The number of aromatic nitrogens is 2. The Hall–Kier alpha value is -3.87. The minimum atomic E-state index is -5.06. The summed E-state index contributed by atoms with van der Waals surface area (Å²) in [7, 11) is 0. The Morgan fingerprint density at radius 1 is 1.19 bits per heavy atom. The Balaban J connectivity index is 1.24. The third-order valence-corrected chi connectivity index (χ3v) is 11.9. The highest BCUT2D eigenvalue weighted by atomic mass is 32.1. The van der Waals surface area contributed by atoms with Gasteiger partial charge < -0.3 is 20.1 Å². The van der Waals surface area contributed by atoms with Gasteiger partial charge in [-0.15, -0.1) is 11.3 Å². The largest absolute Gasteiger partial charge is 0.461 e. The van der Waals surface area contributed by atoms with E-state index in [1.807, 2.05) is 6.07 Å². The van der Waals surface area contributed by atoms with E-state index in [1.54, 1.807) is 4.90 Å². The Kier molecular flexibility index (Phi) is 6.35. The van der Waals surface area contributed by atoms with Gasteiger partial charge in [-0.05, 0) is 48.8 Å². The third-order valence-electron chi connectivity index (χ3n) is 10.9. The second-order valence-corrected chi connectivity index (χ2v) is 15.0. The van der Waals surface area contributed by atoms with Gasteiger partial charge in [-0.2, -0.15) is 28.4 Å². The lowest BCUT2D eigenvalue weighted by Gasteiger charge is -2.32. The molecular formula is C33H28F6N6O2S. The van der Waals surface area contributed by atoms with E-state index in [2.05, 4.69) is 14.9 Å². The average Bonchev–Trinajstić information content (AvgIpc) is 3.45. The van der Waals surface area contributed by atoms with Crippen molar-refractivity contribution < 1.29 is 35.8 Å². The van der Waals surface area contributed by atoms with Crippen molar-refractivity contribution in [3.8, 4) is 23.2 Å². The van der Waals surface area contributed by atoms with E-state index in [0.717, 1.165) is 44.0 Å². The molecular weight excluding hydrogens is 658 g/mol. The molecule has 4 atom stereocenters. The minimum Gasteiger partial charge on any atom is -0.461 e. The monoisotopic (exact) mass is 686 g/mol. The molecule has 5 fully saturated rings. The number of benzene rings is 2. The average molecular weight is 687 g/mol. The van der Waals surface area contributed by atoms with E-state index in [4.69, 9.17) is 15.2 Å². The van der Waals surface area contributed by atoms with Crippen LogP contribution in [0.2, 0.25) is 0 Å². The molecule has 1 spiro atoms. The smallest absolute Gasteiger partial charge is 0.417 e. The van der Waals surface area contributed by atoms with E-state index in [-0.39, 0.29) is 74.0 Å². The summed E-state index contributed by atoms with van der Waals surface area (Å²) in [6, 6.07) is 4.18. The number of hydrogen-bond acceptors (Lipinski definition) is 9. The van der Waals surface area contributed by atoms with Crippen LogP contribution in [0, 0.1) is 28.4 Å². The highest BCUT2D eigenvalue weighted by molar-refractivity contribution is 7.23. The van der Waals surface area contributed by atoms with Crippen LogP contribution in [0.5, 0.6) is 6.01 Å². The molecule has 6 heterocycles. The lowest BCUT2D eigenvalue weighted by molar-refractivity contribution is -0.137. The third kappa shape index (κ3) is 4.41. The number of halogens is 6. The second-order valence-electron chi connectivity index (χ2n) is 14.0.